The lowest BCUT2D eigenvalue weighted by Crippen LogP contribution is -2.41. The third-order valence-corrected chi connectivity index (χ3v) is 7.16. The molecule has 4 aliphatic rings. The van der Waals surface area contributed by atoms with E-state index in [1.807, 2.05) is 48.5 Å². The highest BCUT2D eigenvalue weighted by Crippen LogP contribution is 2.60. The average Bonchev–Trinajstić information content (AvgIpc) is 3.03. The van der Waals surface area contributed by atoms with E-state index in [0.717, 1.165) is 27.2 Å². The number of benzene rings is 2. The number of alkyl halides is 2. The molecule has 2 atom stereocenters. The van der Waals surface area contributed by atoms with Crippen molar-refractivity contribution in [2.45, 2.75) is 17.9 Å². The van der Waals surface area contributed by atoms with Gasteiger partial charge in [-0.05, 0) is 22.3 Å². The van der Waals surface area contributed by atoms with E-state index in [-0.39, 0.29) is 35.4 Å². The summed E-state index contributed by atoms with van der Waals surface area (Å²) < 4.78 is 5.20. The van der Waals surface area contributed by atoms with Crippen LogP contribution in [0.1, 0.15) is 34.1 Å². The number of esters is 1. The maximum Gasteiger partial charge on any atom is 0.326 e. The Morgan fingerprint density at radius 3 is 1.60 bits per heavy atom. The van der Waals surface area contributed by atoms with Gasteiger partial charge in [-0.15, -0.1) is 23.2 Å². The van der Waals surface area contributed by atoms with Crippen LogP contribution in [0.3, 0.4) is 0 Å². The summed E-state index contributed by atoms with van der Waals surface area (Å²) in [5.41, 5.74) is 4.38. The highest BCUT2D eigenvalue weighted by Gasteiger charge is 2.61. The largest absolute Gasteiger partial charge is 0.458 e. The molecule has 0 unspecified atom stereocenters. The molecule has 6 rings (SSSR count). The van der Waals surface area contributed by atoms with E-state index in [2.05, 4.69) is 0 Å². The van der Waals surface area contributed by atoms with Crippen LogP contribution in [-0.2, 0) is 19.1 Å². The molecule has 0 radical (unpaired) electrons. The third-order valence-electron chi connectivity index (χ3n) is 6.47. The zero-order valence-corrected chi connectivity index (χ0v) is 17.5. The number of halogens is 2. The van der Waals surface area contributed by atoms with Crippen molar-refractivity contribution in [3.05, 3.63) is 70.8 Å². The van der Waals surface area contributed by atoms with Crippen LogP contribution in [0.5, 0.6) is 0 Å². The topological polar surface area (TPSA) is 63.7 Å². The first kappa shape index (κ1) is 19.6. The van der Waals surface area contributed by atoms with Gasteiger partial charge >= 0.3 is 5.97 Å². The van der Waals surface area contributed by atoms with Crippen LogP contribution >= 0.6 is 23.2 Å². The Kier molecular flexibility index (Phi) is 4.83. The van der Waals surface area contributed by atoms with E-state index in [0.29, 0.717) is 0 Å². The molecule has 154 valence electrons. The molecule has 2 bridgehead atoms. The molecular formula is C23H19Cl2NO4. The Balaban J connectivity index is 1.52. The summed E-state index contributed by atoms with van der Waals surface area (Å²) in [4.78, 5) is 40.1. The fourth-order valence-corrected chi connectivity index (χ4v) is 5.81. The maximum atomic E-state index is 13.4. The van der Waals surface area contributed by atoms with Crippen molar-refractivity contribution < 1.29 is 19.1 Å². The van der Waals surface area contributed by atoms with Gasteiger partial charge in [0.25, 0.3) is 0 Å². The van der Waals surface area contributed by atoms with E-state index < -0.39 is 30.5 Å². The van der Waals surface area contributed by atoms with Crippen LogP contribution in [0.4, 0.5) is 0 Å². The minimum atomic E-state index is -0.677. The second kappa shape index (κ2) is 7.40. The lowest BCUT2D eigenvalue weighted by molar-refractivity contribution is -0.155. The van der Waals surface area contributed by atoms with Crippen molar-refractivity contribution in [1.82, 2.24) is 4.90 Å². The van der Waals surface area contributed by atoms with Crippen LogP contribution in [0.15, 0.2) is 48.5 Å². The van der Waals surface area contributed by atoms with Crippen molar-refractivity contribution >= 4 is 41.0 Å². The standard InChI is InChI=1S/C23H19Cl2NO4/c24-9-12(10-25)30-17(27)11-26-22(28)20-18-13-5-1-2-6-14(13)19(21(20)23(26)29)16-8-4-3-7-15(16)18/h1-8,12,18-21H,9-11H2/t18?,19?,20-,21-/m0/s1. The lowest BCUT2D eigenvalue weighted by atomic mass is 9.55. The van der Waals surface area contributed by atoms with Crippen molar-refractivity contribution in [1.29, 1.82) is 0 Å². The number of rotatable bonds is 5. The summed E-state index contributed by atoms with van der Waals surface area (Å²) in [6.45, 7) is -0.416. The molecule has 2 aromatic carbocycles. The monoisotopic (exact) mass is 443 g/mol. The normalized spacial score (nSPS) is 25.9. The van der Waals surface area contributed by atoms with E-state index in [9.17, 15) is 14.4 Å². The number of hydrogen-bond acceptors (Lipinski definition) is 4. The Morgan fingerprint density at radius 1 is 0.833 bits per heavy atom. The second-order valence-electron chi connectivity index (χ2n) is 7.95. The summed E-state index contributed by atoms with van der Waals surface area (Å²) in [5, 5.41) is 0. The summed E-state index contributed by atoms with van der Waals surface area (Å²) in [6, 6.07) is 16.0. The molecule has 1 fully saturated rings. The van der Waals surface area contributed by atoms with Crippen molar-refractivity contribution in [3.63, 3.8) is 0 Å². The molecule has 1 aliphatic heterocycles. The van der Waals surface area contributed by atoms with Gasteiger partial charge in [0, 0.05) is 11.8 Å². The predicted molar refractivity (Wildman–Crippen MR) is 112 cm³/mol. The van der Waals surface area contributed by atoms with Crippen LogP contribution in [0.25, 0.3) is 0 Å². The van der Waals surface area contributed by atoms with Gasteiger partial charge in [0.2, 0.25) is 11.8 Å². The van der Waals surface area contributed by atoms with Gasteiger partial charge < -0.3 is 4.74 Å². The number of imide groups is 1. The Hall–Kier alpha value is -2.37. The van der Waals surface area contributed by atoms with Crippen molar-refractivity contribution in [3.8, 4) is 0 Å². The minimum Gasteiger partial charge on any atom is -0.458 e. The van der Waals surface area contributed by atoms with Crippen LogP contribution in [0, 0.1) is 11.8 Å². The average molecular weight is 444 g/mol. The summed E-state index contributed by atoms with van der Waals surface area (Å²) in [6.07, 6.45) is -0.652. The number of nitrogens with zero attached hydrogens (tertiary/aromatic N) is 1. The highest BCUT2D eigenvalue weighted by atomic mass is 35.5. The molecule has 30 heavy (non-hydrogen) atoms. The van der Waals surface area contributed by atoms with Crippen LogP contribution in [0.2, 0.25) is 0 Å². The smallest absolute Gasteiger partial charge is 0.326 e. The molecule has 2 aromatic rings. The highest BCUT2D eigenvalue weighted by molar-refractivity contribution is 6.21. The first-order valence-electron chi connectivity index (χ1n) is 9.91. The molecule has 5 nitrogen and oxygen atoms in total. The quantitative estimate of drug-likeness (QED) is 0.404. The summed E-state index contributed by atoms with van der Waals surface area (Å²) in [7, 11) is 0. The van der Waals surface area contributed by atoms with Gasteiger partial charge in [0.1, 0.15) is 12.6 Å². The van der Waals surface area contributed by atoms with Crippen LogP contribution in [-0.4, -0.2) is 47.1 Å². The van der Waals surface area contributed by atoms with Crippen molar-refractivity contribution in [2.24, 2.45) is 11.8 Å². The molecule has 0 saturated carbocycles. The SMILES string of the molecule is O=C(CN1C(=O)[C@H]2C3c4ccccc4C(c4ccccc43)[C@@H]2C1=O)OC(CCl)CCl. The van der Waals surface area contributed by atoms with E-state index in [1.54, 1.807) is 0 Å². The molecule has 0 N–H and O–H groups in total. The second-order valence-corrected chi connectivity index (χ2v) is 8.57. The zero-order chi connectivity index (χ0) is 21.0. The Bertz CT molecular complexity index is 936. The number of ether oxygens (including phenoxy) is 1. The van der Waals surface area contributed by atoms with Gasteiger partial charge in [-0.2, -0.15) is 0 Å². The molecule has 0 spiro atoms. The minimum absolute atomic E-state index is 0.0527. The zero-order valence-electron chi connectivity index (χ0n) is 16.0. The third kappa shape index (κ3) is 2.72. The fraction of sp³-hybridized carbons (Fsp3) is 0.348. The number of amides is 2. The molecule has 7 heteroatoms. The molecule has 2 amide bonds. The van der Waals surface area contributed by atoms with Gasteiger partial charge in [-0.3, -0.25) is 19.3 Å². The Labute approximate surface area is 183 Å². The fourth-order valence-electron chi connectivity index (χ4n) is 5.35. The number of likely N-dealkylation sites (tertiary alicyclic amines) is 1. The van der Waals surface area contributed by atoms with E-state index in [4.69, 9.17) is 27.9 Å². The van der Waals surface area contributed by atoms with Gasteiger partial charge in [-0.1, -0.05) is 48.5 Å². The molecule has 1 heterocycles. The van der Waals surface area contributed by atoms with Gasteiger partial charge in [0.05, 0.1) is 23.6 Å². The Morgan fingerprint density at radius 2 is 1.23 bits per heavy atom. The van der Waals surface area contributed by atoms with Gasteiger partial charge in [-0.25, -0.2) is 0 Å². The number of carbonyl (C=O) groups excluding carboxylic acids is 3. The predicted octanol–water partition coefficient (Wildman–Crippen LogP) is 3.27. The molecule has 0 aromatic heterocycles. The van der Waals surface area contributed by atoms with E-state index >= 15 is 0 Å². The summed E-state index contributed by atoms with van der Waals surface area (Å²) >= 11 is 11.5. The molecule has 3 aliphatic carbocycles. The molecular weight excluding hydrogens is 425 g/mol. The van der Waals surface area contributed by atoms with Crippen LogP contribution < -0.4 is 0 Å². The first-order valence-corrected chi connectivity index (χ1v) is 11.0. The first-order chi connectivity index (χ1) is 14.6. The maximum absolute atomic E-state index is 13.4. The molecule has 1 saturated heterocycles. The summed E-state index contributed by atoms with van der Waals surface area (Å²) in [5.74, 6) is -2.58. The number of hydrogen-bond donors (Lipinski definition) is 0. The van der Waals surface area contributed by atoms with E-state index in [1.165, 1.54) is 0 Å². The van der Waals surface area contributed by atoms with Crippen molar-refractivity contribution in [2.75, 3.05) is 18.3 Å². The number of carbonyl (C=O) groups is 3. The lowest BCUT2D eigenvalue weighted by Gasteiger charge is -2.45. The van der Waals surface area contributed by atoms with Gasteiger partial charge in [0.15, 0.2) is 0 Å².